The maximum absolute atomic E-state index is 12.6. The van der Waals surface area contributed by atoms with Crippen LogP contribution in [0.3, 0.4) is 0 Å². The van der Waals surface area contributed by atoms with E-state index in [0.717, 1.165) is 29.8 Å². The van der Waals surface area contributed by atoms with E-state index < -0.39 is 11.7 Å². The molecule has 2 aromatic rings. The molecule has 1 aliphatic rings. The quantitative estimate of drug-likeness (QED) is 0.834. The third-order valence-corrected chi connectivity index (χ3v) is 4.08. The van der Waals surface area contributed by atoms with E-state index in [0.29, 0.717) is 0 Å². The van der Waals surface area contributed by atoms with Crippen LogP contribution in [0.1, 0.15) is 29.5 Å². The van der Waals surface area contributed by atoms with Gasteiger partial charge in [-0.25, -0.2) is 0 Å². The molecule has 3 rings (SSSR count). The fourth-order valence-electron chi connectivity index (χ4n) is 2.94. The standard InChI is InChI=1S/C17H16F3N/c1-11-15(14-4-2-3-5-16(14)21-11)10-12-6-8-13(9-7-12)17(18,19)20/h2-9,11,15,21H,10H2,1H3/t11-,15+/m0/s1. The minimum atomic E-state index is -4.27. The zero-order chi connectivity index (χ0) is 15.0. The average molecular weight is 291 g/mol. The molecule has 0 saturated heterocycles. The van der Waals surface area contributed by atoms with E-state index in [1.54, 1.807) is 12.1 Å². The van der Waals surface area contributed by atoms with Gasteiger partial charge < -0.3 is 5.32 Å². The van der Waals surface area contributed by atoms with Gasteiger partial charge in [0.25, 0.3) is 0 Å². The summed E-state index contributed by atoms with van der Waals surface area (Å²) in [6.07, 6.45) is -3.53. The third kappa shape index (κ3) is 2.75. The van der Waals surface area contributed by atoms with Gasteiger partial charge in [0.1, 0.15) is 0 Å². The molecule has 21 heavy (non-hydrogen) atoms. The second-order valence-corrected chi connectivity index (χ2v) is 5.53. The smallest absolute Gasteiger partial charge is 0.382 e. The molecule has 0 spiro atoms. The minimum Gasteiger partial charge on any atom is -0.382 e. The maximum atomic E-state index is 12.6. The highest BCUT2D eigenvalue weighted by Gasteiger charge is 2.31. The summed E-state index contributed by atoms with van der Waals surface area (Å²) in [6, 6.07) is 13.9. The largest absolute Gasteiger partial charge is 0.416 e. The molecule has 0 radical (unpaired) electrons. The molecule has 0 amide bonds. The summed E-state index contributed by atoms with van der Waals surface area (Å²) in [5.74, 6) is 0.290. The first-order valence-electron chi connectivity index (χ1n) is 6.97. The molecule has 0 aliphatic carbocycles. The normalized spacial score (nSPS) is 21.0. The van der Waals surface area contributed by atoms with Gasteiger partial charge in [-0.15, -0.1) is 0 Å². The number of hydrogen-bond donors (Lipinski definition) is 1. The van der Waals surface area contributed by atoms with Crippen LogP contribution in [0.25, 0.3) is 0 Å². The van der Waals surface area contributed by atoms with Crippen molar-refractivity contribution in [3.63, 3.8) is 0 Å². The Morgan fingerprint density at radius 3 is 2.33 bits per heavy atom. The number of alkyl halides is 3. The molecule has 0 bridgehead atoms. The second kappa shape index (κ2) is 5.10. The molecule has 2 aromatic carbocycles. The summed E-state index contributed by atoms with van der Waals surface area (Å²) in [7, 11) is 0. The van der Waals surface area contributed by atoms with Crippen LogP contribution in [0.4, 0.5) is 18.9 Å². The molecule has 2 atom stereocenters. The van der Waals surface area contributed by atoms with E-state index in [9.17, 15) is 13.2 Å². The molecule has 0 saturated carbocycles. The van der Waals surface area contributed by atoms with Gasteiger partial charge in [0.05, 0.1) is 5.56 Å². The summed E-state index contributed by atoms with van der Waals surface area (Å²) in [5.41, 5.74) is 2.70. The lowest BCUT2D eigenvalue weighted by Crippen LogP contribution is -2.18. The summed E-state index contributed by atoms with van der Waals surface area (Å²) < 4.78 is 37.7. The van der Waals surface area contributed by atoms with Crippen molar-refractivity contribution in [1.29, 1.82) is 0 Å². The summed E-state index contributed by atoms with van der Waals surface area (Å²) in [5, 5.41) is 3.42. The van der Waals surface area contributed by atoms with Gasteiger partial charge in [-0.2, -0.15) is 13.2 Å². The Morgan fingerprint density at radius 2 is 1.67 bits per heavy atom. The number of rotatable bonds is 2. The Kier molecular flexibility index (Phi) is 3.40. The van der Waals surface area contributed by atoms with Crippen molar-refractivity contribution in [2.45, 2.75) is 31.5 Å². The average Bonchev–Trinajstić information content (AvgIpc) is 2.75. The molecule has 110 valence electrons. The van der Waals surface area contributed by atoms with Crippen LogP contribution in [-0.2, 0) is 12.6 Å². The Labute approximate surface area is 121 Å². The van der Waals surface area contributed by atoms with Crippen molar-refractivity contribution in [3.05, 3.63) is 65.2 Å². The topological polar surface area (TPSA) is 12.0 Å². The number of para-hydroxylation sites is 1. The van der Waals surface area contributed by atoms with Gasteiger partial charge in [-0.3, -0.25) is 0 Å². The van der Waals surface area contributed by atoms with Crippen LogP contribution in [0.15, 0.2) is 48.5 Å². The van der Waals surface area contributed by atoms with Crippen LogP contribution < -0.4 is 5.32 Å². The Bertz CT molecular complexity index is 631. The molecule has 0 fully saturated rings. The van der Waals surface area contributed by atoms with E-state index >= 15 is 0 Å². The monoisotopic (exact) mass is 291 g/mol. The van der Waals surface area contributed by atoms with Crippen molar-refractivity contribution in [3.8, 4) is 0 Å². The Hall–Kier alpha value is -1.97. The molecule has 0 unspecified atom stereocenters. The molecule has 4 heteroatoms. The molecule has 0 aromatic heterocycles. The fraction of sp³-hybridized carbons (Fsp3) is 0.294. The number of anilines is 1. The lowest BCUT2D eigenvalue weighted by atomic mass is 9.89. The molecular formula is C17H16F3N. The van der Waals surface area contributed by atoms with Crippen LogP contribution >= 0.6 is 0 Å². The number of hydrogen-bond acceptors (Lipinski definition) is 1. The molecule has 1 aliphatic heterocycles. The van der Waals surface area contributed by atoms with Gasteiger partial charge in [-0.1, -0.05) is 30.3 Å². The Balaban J connectivity index is 1.81. The fourth-order valence-corrected chi connectivity index (χ4v) is 2.94. The maximum Gasteiger partial charge on any atom is 0.416 e. The molecular weight excluding hydrogens is 275 g/mol. The lowest BCUT2D eigenvalue weighted by molar-refractivity contribution is -0.137. The molecule has 1 N–H and O–H groups in total. The van der Waals surface area contributed by atoms with Crippen LogP contribution in [0.2, 0.25) is 0 Å². The van der Waals surface area contributed by atoms with E-state index in [1.807, 2.05) is 18.2 Å². The predicted octanol–water partition coefficient (Wildman–Crippen LogP) is 4.85. The van der Waals surface area contributed by atoms with Crippen molar-refractivity contribution in [2.75, 3.05) is 5.32 Å². The SMILES string of the molecule is C[C@@H]1Nc2ccccc2[C@@H]1Cc1ccc(C(F)(F)F)cc1. The van der Waals surface area contributed by atoms with Crippen molar-refractivity contribution < 1.29 is 13.2 Å². The predicted molar refractivity (Wildman–Crippen MR) is 77.4 cm³/mol. The lowest BCUT2D eigenvalue weighted by Gasteiger charge is -2.17. The van der Waals surface area contributed by atoms with E-state index in [4.69, 9.17) is 0 Å². The summed E-state index contributed by atoms with van der Waals surface area (Å²) in [4.78, 5) is 0. The third-order valence-electron chi connectivity index (χ3n) is 4.08. The number of benzene rings is 2. The number of fused-ring (bicyclic) bond motifs is 1. The number of nitrogens with one attached hydrogen (secondary N) is 1. The van der Waals surface area contributed by atoms with Crippen molar-refractivity contribution in [1.82, 2.24) is 0 Å². The van der Waals surface area contributed by atoms with Crippen molar-refractivity contribution in [2.24, 2.45) is 0 Å². The second-order valence-electron chi connectivity index (χ2n) is 5.53. The minimum absolute atomic E-state index is 0.282. The molecule has 1 heterocycles. The summed E-state index contributed by atoms with van der Waals surface area (Å²) in [6.45, 7) is 2.11. The highest BCUT2D eigenvalue weighted by molar-refractivity contribution is 5.59. The van der Waals surface area contributed by atoms with E-state index in [-0.39, 0.29) is 12.0 Å². The zero-order valence-electron chi connectivity index (χ0n) is 11.6. The van der Waals surface area contributed by atoms with Crippen molar-refractivity contribution >= 4 is 5.69 Å². The summed E-state index contributed by atoms with van der Waals surface area (Å²) >= 11 is 0. The first-order chi connectivity index (χ1) is 9.95. The van der Waals surface area contributed by atoms with Gasteiger partial charge >= 0.3 is 6.18 Å². The number of halogens is 3. The first kappa shape index (κ1) is 14.0. The van der Waals surface area contributed by atoms with Crippen LogP contribution in [0, 0.1) is 0 Å². The highest BCUT2D eigenvalue weighted by Crippen LogP contribution is 2.38. The molecule has 1 nitrogen and oxygen atoms in total. The van der Waals surface area contributed by atoms with E-state index in [1.165, 1.54) is 5.56 Å². The van der Waals surface area contributed by atoms with Gasteiger partial charge in [0.15, 0.2) is 0 Å². The Morgan fingerprint density at radius 1 is 1.00 bits per heavy atom. The first-order valence-corrected chi connectivity index (χ1v) is 6.97. The van der Waals surface area contributed by atoms with Gasteiger partial charge in [0, 0.05) is 17.6 Å². The van der Waals surface area contributed by atoms with Crippen LogP contribution in [0.5, 0.6) is 0 Å². The highest BCUT2D eigenvalue weighted by atomic mass is 19.4. The van der Waals surface area contributed by atoms with Crippen LogP contribution in [-0.4, -0.2) is 6.04 Å². The zero-order valence-corrected chi connectivity index (χ0v) is 11.6. The van der Waals surface area contributed by atoms with Gasteiger partial charge in [0.2, 0.25) is 0 Å². The van der Waals surface area contributed by atoms with Gasteiger partial charge in [-0.05, 0) is 42.7 Å². The van der Waals surface area contributed by atoms with E-state index in [2.05, 4.69) is 18.3 Å².